The Hall–Kier alpha value is -6.59. The third-order valence-electron chi connectivity index (χ3n) is 9.49. The van der Waals surface area contributed by atoms with Crippen molar-refractivity contribution in [2.24, 2.45) is 0 Å². The fourth-order valence-corrected chi connectivity index (χ4v) is 6.89. The molecule has 3 aromatic rings. The van der Waals surface area contributed by atoms with E-state index in [0.29, 0.717) is 64.2 Å². The van der Waals surface area contributed by atoms with Gasteiger partial charge in [-0.3, -0.25) is 4.98 Å². The van der Waals surface area contributed by atoms with Crippen LogP contribution in [0.1, 0.15) is 24.0 Å². The summed E-state index contributed by atoms with van der Waals surface area (Å²) in [6, 6.07) is 10.5. The summed E-state index contributed by atoms with van der Waals surface area (Å²) in [5.41, 5.74) is 2.52. The third-order valence-corrected chi connectivity index (χ3v) is 9.49. The molecule has 3 aliphatic rings. The number of hydrogen-bond acceptors (Lipinski definition) is 17. The standard InChI is InChI=1S/C41H43N3O14/c1-49-30-21-26(22-31(50-2)38(30)53-5)10-8-7-9-17-43-18-19-44(25-27-15-16-42-29(20-27)28-23-32(51-3)39(54-6)33(24-28)52-4)41(57-36(47)13-14-37(48)58-41)40(43)55-34(45)11-12-35(46)56-40/h8,10-16,20-24H,7,9,17-19,25H2,1-6H3/b10-8+. The normalized spacial score (nSPS) is 17.6. The molecule has 0 N–H and O–H groups in total. The number of rotatable bonds is 14. The van der Waals surface area contributed by atoms with Gasteiger partial charge >= 0.3 is 35.7 Å². The average Bonchev–Trinajstić information content (AvgIpc) is 3.49. The Morgan fingerprint density at radius 2 is 1.10 bits per heavy atom. The molecule has 0 atom stereocenters. The maximum absolute atomic E-state index is 13.3. The van der Waals surface area contributed by atoms with Gasteiger partial charge in [0.15, 0.2) is 23.0 Å². The number of unbranched alkanes of at least 4 members (excludes halogenated alkanes) is 1. The van der Waals surface area contributed by atoms with E-state index < -0.39 is 35.7 Å². The molecule has 2 aromatic carbocycles. The van der Waals surface area contributed by atoms with Crippen LogP contribution in [0, 0.1) is 0 Å². The molecule has 17 nitrogen and oxygen atoms in total. The molecule has 2 spiro atoms. The number of esters is 4. The Balaban J connectivity index is 1.34. The minimum atomic E-state index is -2.62. The molecule has 6 rings (SSSR count). The number of pyridine rings is 1. The van der Waals surface area contributed by atoms with Crippen LogP contribution in [0.15, 0.2) is 73.0 Å². The molecule has 4 heterocycles. The zero-order valence-electron chi connectivity index (χ0n) is 32.8. The summed E-state index contributed by atoms with van der Waals surface area (Å²) in [5, 5.41) is 0. The highest BCUT2D eigenvalue weighted by molar-refractivity contribution is 5.95. The van der Waals surface area contributed by atoms with Crippen molar-refractivity contribution in [1.29, 1.82) is 0 Å². The minimum Gasteiger partial charge on any atom is -0.493 e. The maximum Gasteiger partial charge on any atom is 0.420 e. The van der Waals surface area contributed by atoms with Crippen LogP contribution in [0.25, 0.3) is 17.3 Å². The van der Waals surface area contributed by atoms with Gasteiger partial charge in [0.1, 0.15) is 0 Å². The molecular formula is C41H43N3O14. The number of nitrogens with zero attached hydrogens (tertiary/aromatic N) is 3. The predicted molar refractivity (Wildman–Crippen MR) is 204 cm³/mol. The summed E-state index contributed by atoms with van der Waals surface area (Å²) in [6.45, 7) is 0.231. The van der Waals surface area contributed by atoms with E-state index in [-0.39, 0.29) is 26.2 Å². The molecule has 1 saturated heterocycles. The summed E-state index contributed by atoms with van der Waals surface area (Å²) in [5.74, 6) is -6.58. The molecule has 306 valence electrons. The highest BCUT2D eigenvalue weighted by Crippen LogP contribution is 2.46. The van der Waals surface area contributed by atoms with Crippen molar-refractivity contribution < 1.29 is 66.5 Å². The molecular weight excluding hydrogens is 758 g/mol. The number of benzene rings is 2. The van der Waals surface area contributed by atoms with E-state index in [4.69, 9.17) is 47.4 Å². The number of methoxy groups -OCH3 is 6. The highest BCUT2D eigenvalue weighted by Gasteiger charge is 2.74. The Morgan fingerprint density at radius 1 is 0.638 bits per heavy atom. The molecule has 0 unspecified atom stereocenters. The first-order valence-corrected chi connectivity index (χ1v) is 18.0. The van der Waals surface area contributed by atoms with Crippen LogP contribution in [-0.2, 0) is 44.7 Å². The fourth-order valence-electron chi connectivity index (χ4n) is 6.89. The Kier molecular flexibility index (Phi) is 12.5. The van der Waals surface area contributed by atoms with E-state index in [2.05, 4.69) is 4.98 Å². The van der Waals surface area contributed by atoms with Gasteiger partial charge in [-0.05, 0) is 60.4 Å². The third kappa shape index (κ3) is 8.12. The van der Waals surface area contributed by atoms with Crippen molar-refractivity contribution in [1.82, 2.24) is 14.8 Å². The van der Waals surface area contributed by atoms with Crippen molar-refractivity contribution >= 4 is 30.0 Å². The van der Waals surface area contributed by atoms with Crippen LogP contribution in [-0.4, -0.2) is 113 Å². The van der Waals surface area contributed by atoms with Crippen LogP contribution in [0.4, 0.5) is 0 Å². The lowest BCUT2D eigenvalue weighted by Gasteiger charge is -2.55. The monoisotopic (exact) mass is 801 g/mol. The van der Waals surface area contributed by atoms with E-state index in [9.17, 15) is 19.2 Å². The molecule has 1 fully saturated rings. The summed E-state index contributed by atoms with van der Waals surface area (Å²) in [6.07, 6.45) is 9.78. The number of carbonyl (C=O) groups excluding carboxylic acids is 4. The second-order valence-corrected chi connectivity index (χ2v) is 12.9. The van der Waals surface area contributed by atoms with Gasteiger partial charge in [-0.25, -0.2) is 29.0 Å². The first-order valence-electron chi connectivity index (χ1n) is 18.0. The van der Waals surface area contributed by atoms with Gasteiger partial charge < -0.3 is 47.4 Å². The summed E-state index contributed by atoms with van der Waals surface area (Å²) in [4.78, 5) is 60.6. The van der Waals surface area contributed by atoms with Crippen LogP contribution >= 0.6 is 0 Å². The van der Waals surface area contributed by atoms with Crippen LogP contribution in [0.2, 0.25) is 0 Å². The number of carbonyl (C=O) groups is 4. The van der Waals surface area contributed by atoms with Gasteiger partial charge in [0.05, 0.1) is 48.4 Å². The average molecular weight is 802 g/mol. The highest BCUT2D eigenvalue weighted by atomic mass is 16.8. The molecule has 0 aliphatic carbocycles. The molecule has 0 bridgehead atoms. The van der Waals surface area contributed by atoms with Crippen LogP contribution in [0.3, 0.4) is 0 Å². The lowest BCUT2D eigenvalue weighted by atomic mass is 10.1. The molecule has 1 aromatic heterocycles. The molecule has 3 aliphatic heterocycles. The van der Waals surface area contributed by atoms with Gasteiger partial charge in [-0.2, -0.15) is 0 Å². The van der Waals surface area contributed by atoms with Gasteiger partial charge in [-0.15, -0.1) is 0 Å². The van der Waals surface area contributed by atoms with Gasteiger partial charge in [-0.1, -0.05) is 12.2 Å². The zero-order chi connectivity index (χ0) is 41.5. The number of allylic oxidation sites excluding steroid dienone is 1. The van der Waals surface area contributed by atoms with E-state index in [1.165, 1.54) is 52.5 Å². The van der Waals surface area contributed by atoms with Crippen molar-refractivity contribution in [3.8, 4) is 45.8 Å². The first kappa shape index (κ1) is 41.1. The molecule has 0 saturated carbocycles. The lowest BCUT2D eigenvalue weighted by Crippen LogP contribution is -2.80. The molecule has 58 heavy (non-hydrogen) atoms. The first-order chi connectivity index (χ1) is 28.0. The summed E-state index contributed by atoms with van der Waals surface area (Å²) < 4.78 is 56.6. The number of hydrogen-bond donors (Lipinski definition) is 0. The molecule has 0 radical (unpaired) electrons. The summed E-state index contributed by atoms with van der Waals surface area (Å²) >= 11 is 0. The van der Waals surface area contributed by atoms with E-state index in [0.717, 1.165) is 29.9 Å². The SMILES string of the molecule is COc1cc(/C=C/CCCN2CCN(Cc3ccnc(-c4cc(OC)c(OC)c(OC)c4)c3)C3(OC(=O)C=CC(=O)O3)C23OC(=O)C=CC(=O)O3)cc(OC)c1OC. The van der Waals surface area contributed by atoms with Crippen molar-refractivity contribution in [2.75, 3.05) is 62.3 Å². The van der Waals surface area contributed by atoms with Crippen molar-refractivity contribution in [2.45, 2.75) is 31.2 Å². The fraction of sp³-hybridized carbons (Fsp3) is 0.341. The van der Waals surface area contributed by atoms with Crippen molar-refractivity contribution in [3.63, 3.8) is 0 Å². The van der Waals surface area contributed by atoms with Gasteiger partial charge in [0, 0.05) is 62.2 Å². The van der Waals surface area contributed by atoms with E-state index in [1.54, 1.807) is 42.6 Å². The van der Waals surface area contributed by atoms with E-state index in [1.807, 2.05) is 12.2 Å². The molecule has 0 amide bonds. The van der Waals surface area contributed by atoms with Crippen molar-refractivity contribution in [3.05, 3.63) is 84.1 Å². The smallest absolute Gasteiger partial charge is 0.420 e. The zero-order valence-corrected chi connectivity index (χ0v) is 32.8. The number of ether oxygens (including phenoxy) is 10. The van der Waals surface area contributed by atoms with Gasteiger partial charge in [0.25, 0.3) is 0 Å². The van der Waals surface area contributed by atoms with Crippen LogP contribution in [0.5, 0.6) is 34.5 Å². The Morgan fingerprint density at radius 3 is 1.59 bits per heavy atom. The second kappa shape index (κ2) is 17.7. The lowest BCUT2D eigenvalue weighted by molar-refractivity contribution is -0.464. The van der Waals surface area contributed by atoms with E-state index >= 15 is 0 Å². The quantitative estimate of drug-likeness (QED) is 0.168. The number of piperazine rings is 1. The topological polar surface area (TPSA) is 180 Å². The Labute approximate surface area is 334 Å². The van der Waals surface area contributed by atoms with Gasteiger partial charge in [0.2, 0.25) is 11.5 Å². The van der Waals surface area contributed by atoms with Crippen LogP contribution < -0.4 is 28.4 Å². The predicted octanol–water partition coefficient (Wildman–Crippen LogP) is 4.03. The minimum absolute atomic E-state index is 0.0733. The maximum atomic E-state index is 13.3. The second-order valence-electron chi connectivity index (χ2n) is 12.9. The number of aromatic nitrogens is 1. The number of fused-ring (bicyclic) bond motifs is 1. The summed E-state index contributed by atoms with van der Waals surface area (Å²) in [7, 11) is 9.08. The Bertz CT molecular complexity index is 2060. The largest absolute Gasteiger partial charge is 0.493 e. The molecule has 17 heteroatoms.